The van der Waals surface area contributed by atoms with Gasteiger partial charge in [-0.15, -0.1) is 0 Å². The zero-order chi connectivity index (χ0) is 20.3. The molecule has 1 heterocycles. The highest BCUT2D eigenvalue weighted by atomic mass is 35.5. The molecular weight excluding hydrogens is 384 g/mol. The van der Waals surface area contributed by atoms with Crippen molar-refractivity contribution in [3.05, 3.63) is 41.4 Å². The van der Waals surface area contributed by atoms with Gasteiger partial charge in [-0.25, -0.2) is 0 Å². The highest BCUT2D eigenvalue weighted by molar-refractivity contribution is 6.31. The molecule has 1 atom stereocenters. The topological polar surface area (TPSA) is 77.1 Å². The number of methoxy groups -OCH3 is 3. The summed E-state index contributed by atoms with van der Waals surface area (Å²) >= 11 is 6.07. The van der Waals surface area contributed by atoms with E-state index in [2.05, 4.69) is 5.32 Å². The fourth-order valence-corrected chi connectivity index (χ4v) is 3.28. The van der Waals surface area contributed by atoms with E-state index in [1.54, 1.807) is 36.4 Å². The number of hydrogen-bond acceptors (Lipinski definition) is 5. The minimum absolute atomic E-state index is 0.0998. The molecular formula is C20H21ClN2O5. The quantitative estimate of drug-likeness (QED) is 0.798. The van der Waals surface area contributed by atoms with Gasteiger partial charge in [-0.05, 0) is 18.2 Å². The lowest BCUT2D eigenvalue weighted by Crippen LogP contribution is -2.28. The first-order valence-electron chi connectivity index (χ1n) is 8.63. The maximum absolute atomic E-state index is 12.7. The normalized spacial score (nSPS) is 16.1. The molecule has 1 N–H and O–H groups in total. The average Bonchev–Trinajstić information content (AvgIpc) is 3.09. The molecule has 148 valence electrons. The van der Waals surface area contributed by atoms with Crippen molar-refractivity contribution in [2.45, 2.75) is 6.42 Å². The van der Waals surface area contributed by atoms with E-state index >= 15 is 0 Å². The van der Waals surface area contributed by atoms with Crippen LogP contribution in [-0.4, -0.2) is 39.7 Å². The molecule has 1 saturated heterocycles. The Morgan fingerprint density at radius 2 is 1.75 bits per heavy atom. The van der Waals surface area contributed by atoms with Crippen LogP contribution in [-0.2, 0) is 9.59 Å². The van der Waals surface area contributed by atoms with Gasteiger partial charge in [0.15, 0.2) is 0 Å². The lowest BCUT2D eigenvalue weighted by molar-refractivity contribution is -0.122. The van der Waals surface area contributed by atoms with Gasteiger partial charge in [0.2, 0.25) is 11.8 Å². The third kappa shape index (κ3) is 4.14. The Hall–Kier alpha value is -2.93. The number of halogens is 1. The predicted molar refractivity (Wildman–Crippen MR) is 107 cm³/mol. The average molecular weight is 405 g/mol. The van der Waals surface area contributed by atoms with E-state index in [0.717, 1.165) is 0 Å². The first kappa shape index (κ1) is 19.8. The largest absolute Gasteiger partial charge is 0.497 e. The van der Waals surface area contributed by atoms with E-state index in [0.29, 0.717) is 33.6 Å². The third-order valence-electron chi connectivity index (χ3n) is 4.55. The molecule has 1 aliphatic rings. The number of anilines is 2. The fraction of sp³-hybridized carbons (Fsp3) is 0.300. The van der Waals surface area contributed by atoms with Gasteiger partial charge in [-0.3, -0.25) is 9.59 Å². The van der Waals surface area contributed by atoms with Gasteiger partial charge in [0.1, 0.15) is 17.2 Å². The van der Waals surface area contributed by atoms with Gasteiger partial charge in [0.25, 0.3) is 0 Å². The molecule has 0 radical (unpaired) electrons. The molecule has 8 heteroatoms. The fourth-order valence-electron chi connectivity index (χ4n) is 3.11. The molecule has 0 unspecified atom stereocenters. The van der Waals surface area contributed by atoms with Crippen LogP contribution >= 0.6 is 11.6 Å². The van der Waals surface area contributed by atoms with Crippen LogP contribution in [0.2, 0.25) is 5.02 Å². The van der Waals surface area contributed by atoms with Crippen molar-refractivity contribution in [2.24, 2.45) is 5.92 Å². The summed E-state index contributed by atoms with van der Waals surface area (Å²) in [7, 11) is 4.59. The number of rotatable bonds is 6. The van der Waals surface area contributed by atoms with Crippen molar-refractivity contribution in [2.75, 3.05) is 38.1 Å². The SMILES string of the molecule is COc1cc(NC(=O)[C@H]2CC(=O)N(c3cc(Cl)ccc3OC)C2)cc(OC)c1. The van der Waals surface area contributed by atoms with Crippen LogP contribution in [0.25, 0.3) is 0 Å². The van der Waals surface area contributed by atoms with E-state index < -0.39 is 5.92 Å². The zero-order valence-electron chi connectivity index (χ0n) is 15.8. The summed E-state index contributed by atoms with van der Waals surface area (Å²) in [5.41, 5.74) is 1.09. The van der Waals surface area contributed by atoms with E-state index in [-0.39, 0.29) is 24.8 Å². The van der Waals surface area contributed by atoms with Gasteiger partial charge in [0, 0.05) is 41.9 Å². The van der Waals surface area contributed by atoms with E-state index in [9.17, 15) is 9.59 Å². The van der Waals surface area contributed by atoms with E-state index in [1.807, 2.05) is 0 Å². The Balaban J connectivity index is 1.77. The summed E-state index contributed by atoms with van der Waals surface area (Å²) in [5.74, 6) is 0.714. The van der Waals surface area contributed by atoms with Crippen LogP contribution in [0.15, 0.2) is 36.4 Å². The second-order valence-corrected chi connectivity index (χ2v) is 6.75. The lowest BCUT2D eigenvalue weighted by atomic mass is 10.1. The van der Waals surface area contributed by atoms with Crippen molar-refractivity contribution in [3.63, 3.8) is 0 Å². The summed E-state index contributed by atoms with van der Waals surface area (Å²) in [6.45, 7) is 0.239. The first-order chi connectivity index (χ1) is 13.4. The summed E-state index contributed by atoms with van der Waals surface area (Å²) in [6.07, 6.45) is 0.0998. The Morgan fingerprint density at radius 3 is 2.36 bits per heavy atom. The van der Waals surface area contributed by atoms with Crippen LogP contribution in [0.4, 0.5) is 11.4 Å². The predicted octanol–water partition coefficient (Wildman–Crippen LogP) is 3.36. The number of carbonyl (C=O) groups is 2. The zero-order valence-corrected chi connectivity index (χ0v) is 16.6. The van der Waals surface area contributed by atoms with Gasteiger partial charge in [-0.1, -0.05) is 11.6 Å². The number of benzene rings is 2. The minimum Gasteiger partial charge on any atom is -0.497 e. The van der Waals surface area contributed by atoms with Crippen LogP contribution in [0, 0.1) is 5.92 Å². The number of amides is 2. The summed E-state index contributed by atoms with van der Waals surface area (Å²) in [5, 5.41) is 3.32. The highest BCUT2D eigenvalue weighted by Gasteiger charge is 2.36. The van der Waals surface area contributed by atoms with Crippen LogP contribution in [0.1, 0.15) is 6.42 Å². The highest BCUT2D eigenvalue weighted by Crippen LogP contribution is 2.35. The molecule has 1 aliphatic heterocycles. The molecule has 28 heavy (non-hydrogen) atoms. The van der Waals surface area contributed by atoms with Crippen LogP contribution in [0.3, 0.4) is 0 Å². The molecule has 3 rings (SSSR count). The Labute approximate surface area is 168 Å². The molecule has 1 fully saturated rings. The smallest absolute Gasteiger partial charge is 0.229 e. The molecule has 0 aromatic heterocycles. The van der Waals surface area contributed by atoms with Crippen LogP contribution in [0.5, 0.6) is 17.2 Å². The monoisotopic (exact) mass is 404 g/mol. The van der Waals surface area contributed by atoms with Crippen molar-refractivity contribution >= 4 is 34.8 Å². The second-order valence-electron chi connectivity index (χ2n) is 6.31. The Bertz CT molecular complexity index is 880. The second kappa shape index (κ2) is 8.39. The van der Waals surface area contributed by atoms with Gasteiger partial charge >= 0.3 is 0 Å². The molecule has 2 aromatic rings. The molecule has 2 aromatic carbocycles. The van der Waals surface area contributed by atoms with E-state index in [4.69, 9.17) is 25.8 Å². The first-order valence-corrected chi connectivity index (χ1v) is 9.00. The summed E-state index contributed by atoms with van der Waals surface area (Å²) < 4.78 is 15.7. The van der Waals surface area contributed by atoms with Gasteiger partial charge < -0.3 is 24.4 Å². The lowest BCUT2D eigenvalue weighted by Gasteiger charge is -2.20. The van der Waals surface area contributed by atoms with Crippen molar-refractivity contribution in [1.82, 2.24) is 0 Å². The van der Waals surface area contributed by atoms with Crippen molar-refractivity contribution in [1.29, 1.82) is 0 Å². The Morgan fingerprint density at radius 1 is 1.07 bits per heavy atom. The van der Waals surface area contributed by atoms with Crippen molar-refractivity contribution < 1.29 is 23.8 Å². The molecule has 7 nitrogen and oxygen atoms in total. The number of nitrogens with one attached hydrogen (secondary N) is 1. The molecule has 0 spiro atoms. The minimum atomic E-state index is -0.506. The standard InChI is InChI=1S/C20H21ClN2O5/c1-26-15-8-14(9-16(10-15)27-2)22-20(25)12-6-19(24)23(11-12)17-7-13(21)4-5-18(17)28-3/h4-5,7-10,12H,6,11H2,1-3H3,(H,22,25)/t12-/m0/s1. The number of ether oxygens (including phenoxy) is 3. The third-order valence-corrected chi connectivity index (χ3v) is 4.78. The van der Waals surface area contributed by atoms with Crippen LogP contribution < -0.4 is 24.4 Å². The molecule has 0 saturated carbocycles. The number of hydrogen-bond donors (Lipinski definition) is 1. The summed E-state index contributed by atoms with van der Waals surface area (Å²) in [6, 6.07) is 10.1. The Kier molecular flexibility index (Phi) is 5.94. The summed E-state index contributed by atoms with van der Waals surface area (Å²) in [4.78, 5) is 26.8. The van der Waals surface area contributed by atoms with E-state index in [1.165, 1.54) is 26.2 Å². The number of nitrogens with zero attached hydrogens (tertiary/aromatic N) is 1. The maximum Gasteiger partial charge on any atom is 0.229 e. The molecule has 2 amide bonds. The van der Waals surface area contributed by atoms with Crippen molar-refractivity contribution in [3.8, 4) is 17.2 Å². The van der Waals surface area contributed by atoms with Gasteiger partial charge in [-0.2, -0.15) is 0 Å². The number of carbonyl (C=O) groups excluding carboxylic acids is 2. The molecule has 0 aliphatic carbocycles. The molecule has 0 bridgehead atoms. The maximum atomic E-state index is 12.7. The van der Waals surface area contributed by atoms with Gasteiger partial charge in [0.05, 0.1) is 32.9 Å².